The molecule has 2 aliphatic carbocycles. The van der Waals surface area contributed by atoms with E-state index in [9.17, 15) is 14.4 Å². The van der Waals surface area contributed by atoms with Gasteiger partial charge in [-0.05, 0) is 37.5 Å². The van der Waals surface area contributed by atoms with Crippen molar-refractivity contribution in [3.05, 3.63) is 12.2 Å². The van der Waals surface area contributed by atoms with E-state index in [2.05, 4.69) is 10.6 Å². The molecule has 6 nitrogen and oxygen atoms in total. The third-order valence-corrected chi connectivity index (χ3v) is 3.17. The molecule has 0 unspecified atom stereocenters. The average Bonchev–Trinajstić information content (AvgIpc) is 3.15. The Hall–Kier alpha value is -1.85. The molecule has 0 aromatic rings. The molecule has 0 saturated heterocycles. The largest absolute Gasteiger partial charge is 0.478 e. The molecule has 0 aromatic carbocycles. The topological polar surface area (TPSA) is 95.5 Å². The Morgan fingerprint density at radius 3 is 2.06 bits per heavy atom. The summed E-state index contributed by atoms with van der Waals surface area (Å²) in [6, 6.07) is -0.375. The lowest BCUT2D eigenvalue weighted by Gasteiger charge is -2.17. The van der Waals surface area contributed by atoms with Crippen LogP contribution in [0.2, 0.25) is 0 Å². The minimum absolute atomic E-state index is 0.168. The molecule has 2 saturated carbocycles. The molecule has 0 heterocycles. The Kier molecular flexibility index (Phi) is 3.64. The van der Waals surface area contributed by atoms with Crippen molar-refractivity contribution in [2.75, 3.05) is 0 Å². The van der Waals surface area contributed by atoms with Crippen LogP contribution >= 0.6 is 0 Å². The second-order valence-corrected chi connectivity index (χ2v) is 4.83. The second kappa shape index (κ2) is 5.20. The molecule has 0 atom stereocenters. The minimum atomic E-state index is -1.22. The van der Waals surface area contributed by atoms with Crippen LogP contribution in [0.3, 0.4) is 0 Å². The Bertz CT molecular complexity index is 385. The Balaban J connectivity index is 1.76. The highest BCUT2D eigenvalue weighted by Gasteiger charge is 2.42. The van der Waals surface area contributed by atoms with Crippen molar-refractivity contribution in [2.45, 2.75) is 31.7 Å². The highest BCUT2D eigenvalue weighted by atomic mass is 16.4. The summed E-state index contributed by atoms with van der Waals surface area (Å²) in [4.78, 5) is 32.9. The first-order chi connectivity index (χ1) is 8.56. The summed E-state index contributed by atoms with van der Waals surface area (Å²) in [5.41, 5.74) is 0. The molecule has 6 heteroatoms. The van der Waals surface area contributed by atoms with E-state index in [1.54, 1.807) is 0 Å². The van der Waals surface area contributed by atoms with Crippen LogP contribution in [0, 0.1) is 11.8 Å². The van der Waals surface area contributed by atoms with E-state index in [-0.39, 0.29) is 6.04 Å². The first-order valence-corrected chi connectivity index (χ1v) is 6.08. The van der Waals surface area contributed by atoms with E-state index in [0.29, 0.717) is 17.9 Å². The van der Waals surface area contributed by atoms with Crippen LogP contribution in [0.25, 0.3) is 0 Å². The first kappa shape index (κ1) is 12.6. The fourth-order valence-corrected chi connectivity index (χ4v) is 2.02. The molecular weight excluding hydrogens is 236 g/mol. The van der Waals surface area contributed by atoms with Crippen LogP contribution in [0.5, 0.6) is 0 Å². The van der Waals surface area contributed by atoms with Crippen molar-refractivity contribution in [1.29, 1.82) is 0 Å². The Morgan fingerprint density at radius 2 is 1.61 bits per heavy atom. The van der Waals surface area contributed by atoms with Gasteiger partial charge in [0.25, 0.3) is 5.91 Å². The van der Waals surface area contributed by atoms with Gasteiger partial charge in [-0.2, -0.15) is 0 Å². The van der Waals surface area contributed by atoms with Gasteiger partial charge in [0.1, 0.15) is 0 Å². The summed E-state index contributed by atoms with van der Waals surface area (Å²) in [5.74, 6) is -0.847. The van der Waals surface area contributed by atoms with Crippen molar-refractivity contribution in [1.82, 2.24) is 10.6 Å². The maximum atomic E-state index is 11.5. The summed E-state index contributed by atoms with van der Waals surface area (Å²) in [7, 11) is 0. The van der Waals surface area contributed by atoms with Gasteiger partial charge in [0.2, 0.25) is 0 Å². The van der Waals surface area contributed by atoms with Crippen LogP contribution < -0.4 is 10.6 Å². The third kappa shape index (κ3) is 3.87. The number of urea groups is 1. The van der Waals surface area contributed by atoms with Gasteiger partial charge in [-0.15, -0.1) is 0 Å². The van der Waals surface area contributed by atoms with Gasteiger partial charge in [0.05, 0.1) is 0 Å². The number of carboxylic acids is 1. The quantitative estimate of drug-likeness (QED) is 0.626. The van der Waals surface area contributed by atoms with E-state index < -0.39 is 17.9 Å². The number of carbonyl (C=O) groups is 3. The molecule has 2 rings (SSSR count). The molecule has 2 fully saturated rings. The summed E-state index contributed by atoms with van der Waals surface area (Å²) < 4.78 is 0. The summed E-state index contributed by atoms with van der Waals surface area (Å²) in [5, 5.41) is 13.2. The summed E-state index contributed by atoms with van der Waals surface area (Å²) in [6.45, 7) is 0. The molecule has 0 spiro atoms. The number of hydrogen-bond donors (Lipinski definition) is 3. The summed E-state index contributed by atoms with van der Waals surface area (Å²) >= 11 is 0. The molecule has 2 aliphatic rings. The third-order valence-electron chi connectivity index (χ3n) is 3.17. The summed E-state index contributed by atoms with van der Waals surface area (Å²) in [6.07, 6.45) is 6.05. The van der Waals surface area contributed by atoms with Crippen LogP contribution in [-0.4, -0.2) is 29.1 Å². The van der Waals surface area contributed by atoms with Crippen molar-refractivity contribution >= 4 is 17.9 Å². The second-order valence-electron chi connectivity index (χ2n) is 4.83. The van der Waals surface area contributed by atoms with Gasteiger partial charge < -0.3 is 10.4 Å². The van der Waals surface area contributed by atoms with Crippen LogP contribution in [-0.2, 0) is 9.59 Å². The lowest BCUT2D eigenvalue weighted by Crippen LogP contribution is -2.46. The normalized spacial score (nSPS) is 18.9. The van der Waals surface area contributed by atoms with Gasteiger partial charge in [-0.25, -0.2) is 9.59 Å². The van der Waals surface area contributed by atoms with E-state index in [0.717, 1.165) is 31.8 Å². The van der Waals surface area contributed by atoms with Crippen molar-refractivity contribution in [2.24, 2.45) is 11.8 Å². The van der Waals surface area contributed by atoms with Gasteiger partial charge in [0, 0.05) is 18.2 Å². The maximum Gasteiger partial charge on any atom is 0.328 e. The highest BCUT2D eigenvalue weighted by Crippen LogP contribution is 2.44. The molecule has 3 amide bonds. The number of nitrogens with one attached hydrogen (secondary N) is 2. The number of imide groups is 1. The zero-order valence-electron chi connectivity index (χ0n) is 9.89. The number of aliphatic carboxylic acids is 1. The Morgan fingerprint density at radius 1 is 1.06 bits per heavy atom. The van der Waals surface area contributed by atoms with Gasteiger partial charge in [0.15, 0.2) is 0 Å². The minimum Gasteiger partial charge on any atom is -0.478 e. The monoisotopic (exact) mass is 252 g/mol. The number of hydrogen-bond acceptors (Lipinski definition) is 3. The van der Waals surface area contributed by atoms with E-state index in [1.165, 1.54) is 0 Å². The predicted octanol–water partition coefficient (Wildman–Crippen LogP) is 0.642. The molecule has 0 aliphatic heterocycles. The molecule has 0 aromatic heterocycles. The number of carboxylic acid groups (broad SMARTS) is 1. The van der Waals surface area contributed by atoms with Crippen LogP contribution in [0.4, 0.5) is 4.79 Å². The van der Waals surface area contributed by atoms with E-state index >= 15 is 0 Å². The van der Waals surface area contributed by atoms with Crippen LogP contribution in [0.15, 0.2) is 12.2 Å². The standard InChI is InChI=1S/C12H16N2O4/c15-9(5-6-10(16)17)13-12(18)14-11(7-1-2-7)8-3-4-8/h5-8,11H,1-4H2,(H,16,17)(H2,13,14,15,18)/b6-5+. The van der Waals surface area contributed by atoms with Crippen molar-refractivity contribution < 1.29 is 19.5 Å². The predicted molar refractivity (Wildman–Crippen MR) is 62.7 cm³/mol. The number of carbonyl (C=O) groups excluding carboxylic acids is 2. The van der Waals surface area contributed by atoms with E-state index in [1.807, 2.05) is 0 Å². The van der Waals surface area contributed by atoms with Gasteiger partial charge >= 0.3 is 12.0 Å². The van der Waals surface area contributed by atoms with Crippen molar-refractivity contribution in [3.63, 3.8) is 0 Å². The molecule has 3 N–H and O–H groups in total. The molecular formula is C12H16N2O4. The molecule has 98 valence electrons. The SMILES string of the molecule is O=C(O)/C=C/C(=O)NC(=O)NC(C1CC1)C1CC1. The van der Waals surface area contributed by atoms with Gasteiger partial charge in [-0.3, -0.25) is 10.1 Å². The lowest BCUT2D eigenvalue weighted by atomic mass is 10.1. The fraction of sp³-hybridized carbons (Fsp3) is 0.583. The fourth-order valence-electron chi connectivity index (χ4n) is 2.02. The molecule has 0 bridgehead atoms. The molecule has 0 radical (unpaired) electrons. The van der Waals surface area contributed by atoms with Crippen LogP contribution in [0.1, 0.15) is 25.7 Å². The lowest BCUT2D eigenvalue weighted by molar-refractivity contribution is -0.131. The highest BCUT2D eigenvalue weighted by molar-refractivity contribution is 6.02. The number of rotatable bonds is 5. The first-order valence-electron chi connectivity index (χ1n) is 6.08. The van der Waals surface area contributed by atoms with Gasteiger partial charge in [-0.1, -0.05) is 0 Å². The zero-order valence-corrected chi connectivity index (χ0v) is 9.89. The van der Waals surface area contributed by atoms with Crippen molar-refractivity contribution in [3.8, 4) is 0 Å². The number of amides is 3. The average molecular weight is 252 g/mol. The smallest absolute Gasteiger partial charge is 0.328 e. The van der Waals surface area contributed by atoms with E-state index in [4.69, 9.17) is 5.11 Å². The Labute approximate surface area is 104 Å². The maximum absolute atomic E-state index is 11.5. The molecule has 18 heavy (non-hydrogen) atoms. The zero-order chi connectivity index (χ0) is 13.1.